The standard InChI is InChI=1S/C15H28N2O2/c1-3-17-10-12(5-8-15(18)19-4-2)9-14(11-17)16-13-6-7-13/h12-14,16H,3-11H2,1-2H3. The van der Waals surface area contributed by atoms with E-state index >= 15 is 0 Å². The molecule has 2 atom stereocenters. The summed E-state index contributed by atoms with van der Waals surface area (Å²) in [6.07, 6.45) is 5.45. The third-order valence-electron chi connectivity index (χ3n) is 4.17. The van der Waals surface area contributed by atoms with Crippen LogP contribution in [-0.4, -0.2) is 49.2 Å². The number of nitrogens with zero attached hydrogens (tertiary/aromatic N) is 1. The molecule has 2 rings (SSSR count). The Morgan fingerprint density at radius 3 is 2.68 bits per heavy atom. The minimum Gasteiger partial charge on any atom is -0.466 e. The van der Waals surface area contributed by atoms with Gasteiger partial charge in [-0.1, -0.05) is 6.92 Å². The third-order valence-corrected chi connectivity index (χ3v) is 4.17. The van der Waals surface area contributed by atoms with Crippen molar-refractivity contribution in [2.75, 3.05) is 26.2 Å². The Labute approximate surface area is 116 Å². The molecular weight excluding hydrogens is 240 g/mol. The minimum atomic E-state index is -0.0391. The molecule has 1 heterocycles. The Morgan fingerprint density at radius 1 is 1.26 bits per heavy atom. The van der Waals surface area contributed by atoms with E-state index in [9.17, 15) is 4.79 Å². The lowest BCUT2D eigenvalue weighted by Gasteiger charge is -2.37. The van der Waals surface area contributed by atoms with Gasteiger partial charge in [0.2, 0.25) is 0 Å². The Kier molecular flexibility index (Phi) is 5.64. The zero-order chi connectivity index (χ0) is 13.7. The van der Waals surface area contributed by atoms with Gasteiger partial charge in [-0.2, -0.15) is 0 Å². The van der Waals surface area contributed by atoms with Crippen LogP contribution in [0.1, 0.15) is 46.0 Å². The lowest BCUT2D eigenvalue weighted by molar-refractivity contribution is -0.143. The normalized spacial score (nSPS) is 28.3. The molecular formula is C15H28N2O2. The number of hydrogen-bond acceptors (Lipinski definition) is 4. The van der Waals surface area contributed by atoms with Crippen molar-refractivity contribution in [1.29, 1.82) is 0 Å². The predicted molar refractivity (Wildman–Crippen MR) is 76.0 cm³/mol. The van der Waals surface area contributed by atoms with Crippen molar-refractivity contribution in [3.63, 3.8) is 0 Å². The molecule has 1 saturated heterocycles. The van der Waals surface area contributed by atoms with Crippen LogP contribution in [0.2, 0.25) is 0 Å². The monoisotopic (exact) mass is 268 g/mol. The highest BCUT2D eigenvalue weighted by molar-refractivity contribution is 5.69. The van der Waals surface area contributed by atoms with Gasteiger partial charge >= 0.3 is 5.97 Å². The summed E-state index contributed by atoms with van der Waals surface area (Å²) in [6, 6.07) is 1.39. The number of likely N-dealkylation sites (N-methyl/N-ethyl adjacent to an activating group) is 1. The fraction of sp³-hybridized carbons (Fsp3) is 0.933. The number of likely N-dealkylation sites (tertiary alicyclic amines) is 1. The van der Waals surface area contributed by atoms with E-state index in [0.717, 1.165) is 25.6 Å². The molecule has 1 aliphatic carbocycles. The van der Waals surface area contributed by atoms with Crippen molar-refractivity contribution in [1.82, 2.24) is 10.2 Å². The SMILES string of the molecule is CCOC(=O)CCC1CC(NC2CC2)CN(CC)C1. The van der Waals surface area contributed by atoms with Crippen molar-refractivity contribution in [2.45, 2.75) is 58.0 Å². The van der Waals surface area contributed by atoms with Gasteiger partial charge in [0.1, 0.15) is 0 Å². The molecule has 0 aromatic heterocycles. The van der Waals surface area contributed by atoms with Gasteiger partial charge in [0.25, 0.3) is 0 Å². The van der Waals surface area contributed by atoms with E-state index in [1.54, 1.807) is 0 Å². The molecule has 0 aromatic rings. The largest absolute Gasteiger partial charge is 0.466 e. The molecule has 110 valence electrons. The molecule has 0 radical (unpaired) electrons. The summed E-state index contributed by atoms with van der Waals surface area (Å²) >= 11 is 0. The molecule has 0 bridgehead atoms. The molecule has 4 heteroatoms. The molecule has 2 aliphatic rings. The number of ether oxygens (including phenoxy) is 1. The average molecular weight is 268 g/mol. The van der Waals surface area contributed by atoms with Gasteiger partial charge in [-0.05, 0) is 45.1 Å². The minimum absolute atomic E-state index is 0.0391. The number of carbonyl (C=O) groups excluding carboxylic acids is 1. The van der Waals surface area contributed by atoms with Crippen LogP contribution in [0.25, 0.3) is 0 Å². The fourth-order valence-corrected chi connectivity index (χ4v) is 3.03. The summed E-state index contributed by atoms with van der Waals surface area (Å²) in [5.41, 5.74) is 0. The maximum atomic E-state index is 11.5. The van der Waals surface area contributed by atoms with Crippen LogP contribution in [-0.2, 0) is 9.53 Å². The van der Waals surface area contributed by atoms with E-state index in [1.807, 2.05) is 6.92 Å². The van der Waals surface area contributed by atoms with Crippen molar-refractivity contribution >= 4 is 5.97 Å². The first kappa shape index (κ1) is 14.8. The number of nitrogens with one attached hydrogen (secondary N) is 1. The van der Waals surface area contributed by atoms with E-state index in [1.165, 1.54) is 25.8 Å². The smallest absolute Gasteiger partial charge is 0.305 e. The van der Waals surface area contributed by atoms with Crippen molar-refractivity contribution < 1.29 is 9.53 Å². The lowest BCUT2D eigenvalue weighted by Crippen LogP contribution is -2.49. The average Bonchev–Trinajstić information content (AvgIpc) is 3.20. The summed E-state index contributed by atoms with van der Waals surface area (Å²) < 4.78 is 5.02. The van der Waals surface area contributed by atoms with E-state index < -0.39 is 0 Å². The van der Waals surface area contributed by atoms with Gasteiger partial charge in [0.15, 0.2) is 0 Å². The second-order valence-corrected chi connectivity index (χ2v) is 5.94. The van der Waals surface area contributed by atoms with Crippen molar-refractivity contribution in [2.24, 2.45) is 5.92 Å². The van der Waals surface area contributed by atoms with Gasteiger partial charge in [0.05, 0.1) is 6.61 Å². The second-order valence-electron chi connectivity index (χ2n) is 5.94. The fourth-order valence-electron chi connectivity index (χ4n) is 3.03. The van der Waals surface area contributed by atoms with E-state index in [2.05, 4.69) is 17.1 Å². The highest BCUT2D eigenvalue weighted by Crippen LogP contribution is 2.25. The van der Waals surface area contributed by atoms with Crippen LogP contribution in [0.5, 0.6) is 0 Å². The van der Waals surface area contributed by atoms with E-state index in [-0.39, 0.29) is 5.97 Å². The number of piperidine rings is 1. The quantitative estimate of drug-likeness (QED) is 0.715. The summed E-state index contributed by atoms with van der Waals surface area (Å²) in [6.45, 7) is 8.01. The predicted octanol–water partition coefficient (Wildman–Crippen LogP) is 1.79. The Morgan fingerprint density at radius 2 is 2.05 bits per heavy atom. The van der Waals surface area contributed by atoms with Crippen molar-refractivity contribution in [3.8, 4) is 0 Å². The maximum Gasteiger partial charge on any atom is 0.305 e. The zero-order valence-corrected chi connectivity index (χ0v) is 12.4. The maximum absolute atomic E-state index is 11.5. The first-order valence-electron chi connectivity index (χ1n) is 7.85. The molecule has 1 saturated carbocycles. The molecule has 1 aliphatic heterocycles. The summed E-state index contributed by atoms with van der Waals surface area (Å²) in [5.74, 6) is 0.595. The lowest BCUT2D eigenvalue weighted by atomic mass is 9.90. The molecule has 1 N–H and O–H groups in total. The number of hydrogen-bond donors (Lipinski definition) is 1. The van der Waals surface area contributed by atoms with Crippen molar-refractivity contribution in [3.05, 3.63) is 0 Å². The topological polar surface area (TPSA) is 41.6 Å². The van der Waals surface area contributed by atoms with Crippen LogP contribution in [0, 0.1) is 5.92 Å². The van der Waals surface area contributed by atoms with Crippen LogP contribution in [0.15, 0.2) is 0 Å². The van der Waals surface area contributed by atoms with Crippen LogP contribution in [0.3, 0.4) is 0 Å². The van der Waals surface area contributed by atoms with Crippen LogP contribution < -0.4 is 5.32 Å². The molecule has 2 unspecified atom stereocenters. The zero-order valence-electron chi connectivity index (χ0n) is 12.4. The van der Waals surface area contributed by atoms with Gasteiger partial charge in [-0.15, -0.1) is 0 Å². The molecule has 0 spiro atoms. The third kappa shape index (κ3) is 5.11. The number of esters is 1. The van der Waals surface area contributed by atoms with Crippen LogP contribution >= 0.6 is 0 Å². The van der Waals surface area contributed by atoms with Gasteiger partial charge < -0.3 is 15.0 Å². The summed E-state index contributed by atoms with van der Waals surface area (Å²) in [4.78, 5) is 14.0. The molecule has 0 amide bonds. The van der Waals surface area contributed by atoms with Gasteiger partial charge in [-0.25, -0.2) is 0 Å². The summed E-state index contributed by atoms with van der Waals surface area (Å²) in [7, 11) is 0. The van der Waals surface area contributed by atoms with Gasteiger partial charge in [-0.3, -0.25) is 4.79 Å². The highest BCUT2D eigenvalue weighted by Gasteiger charge is 2.31. The molecule has 0 aromatic carbocycles. The van der Waals surface area contributed by atoms with E-state index in [4.69, 9.17) is 4.74 Å². The second kappa shape index (κ2) is 7.25. The first-order chi connectivity index (χ1) is 9.21. The number of rotatable bonds is 7. The first-order valence-corrected chi connectivity index (χ1v) is 7.85. The highest BCUT2D eigenvalue weighted by atomic mass is 16.5. The van der Waals surface area contributed by atoms with Crippen LogP contribution in [0.4, 0.5) is 0 Å². The Hall–Kier alpha value is -0.610. The number of carbonyl (C=O) groups is 1. The molecule has 19 heavy (non-hydrogen) atoms. The Balaban J connectivity index is 1.75. The van der Waals surface area contributed by atoms with E-state index in [0.29, 0.717) is 25.0 Å². The molecule has 2 fully saturated rings. The molecule has 4 nitrogen and oxygen atoms in total. The Bertz CT molecular complexity index is 292. The summed E-state index contributed by atoms with van der Waals surface area (Å²) in [5, 5.41) is 3.74. The van der Waals surface area contributed by atoms with Gasteiger partial charge in [0, 0.05) is 31.6 Å².